The molecule has 0 radical (unpaired) electrons. The summed E-state index contributed by atoms with van der Waals surface area (Å²) in [5.74, 6) is -0.0356. The molecule has 2 saturated carbocycles. The molecular formula is C26H33IO3Si. The minimum Gasteiger partial charge on any atom is -0.401 e. The molecular weight excluding hydrogens is 515 g/mol. The molecule has 166 valence electrons. The second-order valence-corrected chi connectivity index (χ2v) is 16.0. The van der Waals surface area contributed by atoms with Crippen LogP contribution in [0.15, 0.2) is 60.7 Å². The number of hydrogen-bond donors (Lipinski definition) is 0. The third-order valence-corrected chi connectivity index (χ3v) is 14.0. The predicted octanol–water partition coefficient (Wildman–Crippen LogP) is 4.91. The fourth-order valence-corrected chi connectivity index (χ4v) is 12.1. The van der Waals surface area contributed by atoms with Gasteiger partial charge in [0.05, 0.1) is 12.2 Å². The highest BCUT2D eigenvalue weighted by molar-refractivity contribution is 14.1. The van der Waals surface area contributed by atoms with Gasteiger partial charge >= 0.3 is 0 Å². The van der Waals surface area contributed by atoms with Gasteiger partial charge in [-0.1, -0.05) is 104 Å². The third kappa shape index (κ3) is 3.29. The summed E-state index contributed by atoms with van der Waals surface area (Å²) in [5.41, 5.74) is 0.203. The molecule has 3 fully saturated rings. The maximum absolute atomic E-state index is 7.55. The fourth-order valence-electron chi connectivity index (χ4n) is 6.10. The van der Waals surface area contributed by atoms with Gasteiger partial charge in [0.15, 0.2) is 5.79 Å². The average Bonchev–Trinajstić information content (AvgIpc) is 3.31. The van der Waals surface area contributed by atoms with Gasteiger partial charge in [0.2, 0.25) is 0 Å². The van der Waals surface area contributed by atoms with Gasteiger partial charge in [-0.3, -0.25) is 0 Å². The maximum Gasteiger partial charge on any atom is 0.261 e. The summed E-state index contributed by atoms with van der Waals surface area (Å²) in [6, 6.07) is 21.9. The van der Waals surface area contributed by atoms with Crippen molar-refractivity contribution in [2.45, 2.75) is 70.2 Å². The molecule has 1 aliphatic heterocycles. The van der Waals surface area contributed by atoms with Crippen LogP contribution in [0.25, 0.3) is 0 Å². The van der Waals surface area contributed by atoms with Gasteiger partial charge in [-0.05, 0) is 41.6 Å². The van der Waals surface area contributed by atoms with Crippen molar-refractivity contribution in [2.24, 2.45) is 11.3 Å². The summed E-state index contributed by atoms with van der Waals surface area (Å²) in [7, 11) is -2.62. The molecule has 0 amide bonds. The average molecular weight is 549 g/mol. The fraction of sp³-hybridized carbons (Fsp3) is 0.538. The zero-order valence-corrected chi connectivity index (χ0v) is 22.3. The van der Waals surface area contributed by atoms with Crippen molar-refractivity contribution in [1.82, 2.24) is 0 Å². The van der Waals surface area contributed by atoms with Gasteiger partial charge in [-0.2, -0.15) is 0 Å². The van der Waals surface area contributed by atoms with Crippen LogP contribution in [0.5, 0.6) is 0 Å². The van der Waals surface area contributed by atoms with Crippen LogP contribution in [0.1, 0.15) is 41.0 Å². The van der Waals surface area contributed by atoms with Gasteiger partial charge < -0.3 is 13.9 Å². The molecule has 5 rings (SSSR count). The number of ether oxygens (including phenoxy) is 2. The Morgan fingerprint density at radius 1 is 0.968 bits per heavy atom. The van der Waals surface area contributed by atoms with Gasteiger partial charge in [0.25, 0.3) is 8.32 Å². The Balaban J connectivity index is 1.64. The van der Waals surface area contributed by atoms with Gasteiger partial charge in [-0.15, -0.1) is 0 Å². The van der Waals surface area contributed by atoms with Crippen molar-refractivity contribution in [2.75, 3.05) is 4.43 Å². The lowest BCUT2D eigenvalue weighted by atomic mass is 10.0. The molecule has 1 saturated heterocycles. The van der Waals surface area contributed by atoms with Crippen molar-refractivity contribution < 1.29 is 13.9 Å². The Kier molecular flexibility index (Phi) is 5.26. The Morgan fingerprint density at radius 2 is 1.52 bits per heavy atom. The minimum atomic E-state index is -2.62. The molecule has 2 aliphatic carbocycles. The van der Waals surface area contributed by atoms with Gasteiger partial charge in [0, 0.05) is 9.84 Å². The molecule has 5 heteroatoms. The van der Waals surface area contributed by atoms with E-state index < -0.39 is 14.1 Å². The van der Waals surface area contributed by atoms with Crippen molar-refractivity contribution in [1.29, 1.82) is 0 Å². The topological polar surface area (TPSA) is 27.7 Å². The molecule has 1 heterocycles. The van der Waals surface area contributed by atoms with Crippen LogP contribution in [0, 0.1) is 11.3 Å². The highest BCUT2D eigenvalue weighted by Crippen LogP contribution is 2.69. The molecule has 0 N–H and O–H groups in total. The van der Waals surface area contributed by atoms with E-state index in [2.05, 4.69) is 104 Å². The third-order valence-electron chi connectivity index (χ3n) is 7.57. The first-order valence-electron chi connectivity index (χ1n) is 11.4. The van der Waals surface area contributed by atoms with Crippen LogP contribution in [-0.2, 0) is 13.9 Å². The normalized spacial score (nSPS) is 33.7. The predicted molar refractivity (Wildman–Crippen MR) is 136 cm³/mol. The van der Waals surface area contributed by atoms with E-state index >= 15 is 0 Å². The van der Waals surface area contributed by atoms with E-state index in [1.165, 1.54) is 16.8 Å². The number of halogens is 1. The van der Waals surface area contributed by atoms with Crippen molar-refractivity contribution in [3.8, 4) is 0 Å². The molecule has 0 spiro atoms. The monoisotopic (exact) mass is 548 g/mol. The number of hydrogen-bond acceptors (Lipinski definition) is 3. The van der Waals surface area contributed by atoms with Crippen LogP contribution >= 0.6 is 22.6 Å². The molecule has 2 aromatic carbocycles. The molecule has 0 aromatic heterocycles. The quantitative estimate of drug-likeness (QED) is 0.302. The minimum absolute atomic E-state index is 0.00478. The van der Waals surface area contributed by atoms with E-state index in [-0.39, 0.29) is 28.8 Å². The summed E-state index contributed by atoms with van der Waals surface area (Å²) in [4.78, 5) is 0. The first kappa shape index (κ1) is 22.1. The number of benzene rings is 2. The molecule has 3 aliphatic rings. The van der Waals surface area contributed by atoms with Crippen LogP contribution in [0.4, 0.5) is 0 Å². The highest BCUT2D eigenvalue weighted by Gasteiger charge is 2.76. The summed E-state index contributed by atoms with van der Waals surface area (Å²) in [6.45, 7) is 11.1. The summed E-state index contributed by atoms with van der Waals surface area (Å²) >= 11 is 2.54. The first-order valence-corrected chi connectivity index (χ1v) is 14.8. The second kappa shape index (κ2) is 7.39. The molecule has 2 aromatic rings. The number of alkyl halides is 1. The van der Waals surface area contributed by atoms with Crippen molar-refractivity contribution in [3.63, 3.8) is 0 Å². The largest absolute Gasteiger partial charge is 0.401 e. The summed E-state index contributed by atoms with van der Waals surface area (Å²) in [5, 5.41) is 2.62. The SMILES string of the molecule is CC1(C)O[C@H]2[C@@H](O[Si](c3ccccc3)(c3ccccc3)C(C)(C)C)[C@H]3C[C@@]3(CI)[C@H]2O1. The molecule has 31 heavy (non-hydrogen) atoms. The Hall–Kier alpha value is -0.733. The van der Waals surface area contributed by atoms with E-state index in [1.807, 2.05) is 13.8 Å². The Labute approximate surface area is 201 Å². The smallest absolute Gasteiger partial charge is 0.261 e. The molecule has 5 atom stereocenters. The van der Waals surface area contributed by atoms with E-state index in [9.17, 15) is 0 Å². The van der Waals surface area contributed by atoms with Gasteiger partial charge in [0.1, 0.15) is 6.10 Å². The van der Waals surface area contributed by atoms with E-state index in [1.54, 1.807) is 0 Å². The van der Waals surface area contributed by atoms with E-state index in [0.717, 1.165) is 4.43 Å². The lowest BCUT2D eigenvalue weighted by molar-refractivity contribution is -0.165. The lowest BCUT2D eigenvalue weighted by Gasteiger charge is -2.45. The standard InChI is InChI=1S/C26H33IO3Si/c1-24(2,3)31(18-12-8-6-9-13-18,19-14-10-7-11-15-19)30-21-20-16-26(20,17-27)23-22(21)28-25(4,5)29-23/h6-15,20-23H,16-17H2,1-5H3/t20-,21+,22+,23+,26+/m1/s1. The van der Waals surface area contributed by atoms with Crippen LogP contribution in [0.3, 0.4) is 0 Å². The molecule has 0 bridgehead atoms. The summed E-state index contributed by atoms with van der Waals surface area (Å²) < 4.78 is 21.6. The lowest BCUT2D eigenvalue weighted by Crippen LogP contribution is -2.68. The second-order valence-electron chi connectivity index (χ2n) is 10.9. The zero-order chi connectivity index (χ0) is 22.1. The van der Waals surface area contributed by atoms with Crippen molar-refractivity contribution in [3.05, 3.63) is 60.7 Å². The maximum atomic E-state index is 7.55. The van der Waals surface area contributed by atoms with Crippen LogP contribution in [-0.4, -0.2) is 36.8 Å². The Bertz CT molecular complexity index is 903. The van der Waals surface area contributed by atoms with Crippen LogP contribution < -0.4 is 10.4 Å². The van der Waals surface area contributed by atoms with E-state index in [4.69, 9.17) is 13.9 Å². The van der Waals surface area contributed by atoms with Gasteiger partial charge in [-0.25, -0.2) is 0 Å². The molecule has 3 nitrogen and oxygen atoms in total. The zero-order valence-electron chi connectivity index (χ0n) is 19.1. The highest BCUT2D eigenvalue weighted by atomic mass is 127. The van der Waals surface area contributed by atoms with Crippen LogP contribution in [0.2, 0.25) is 5.04 Å². The van der Waals surface area contributed by atoms with Crippen molar-refractivity contribution >= 4 is 41.3 Å². The number of rotatable bonds is 5. The number of fused-ring (bicyclic) bond motifs is 3. The summed E-state index contributed by atoms with van der Waals surface area (Å²) in [6.07, 6.45) is 1.38. The Morgan fingerprint density at radius 3 is 2.00 bits per heavy atom. The van der Waals surface area contributed by atoms with E-state index in [0.29, 0.717) is 5.92 Å². The first-order chi connectivity index (χ1) is 14.6. The molecule has 0 unspecified atom stereocenters.